The average molecular weight is 485 g/mol. The maximum absolute atomic E-state index is 13.1. The Morgan fingerprint density at radius 1 is 1.00 bits per heavy atom. The molecule has 32 heavy (non-hydrogen) atoms. The molecule has 0 saturated carbocycles. The second-order valence-corrected chi connectivity index (χ2v) is 11.2. The lowest BCUT2D eigenvalue weighted by Crippen LogP contribution is -2.50. The molecular weight excluding hydrogens is 464 g/mol. The first-order chi connectivity index (χ1) is 15.5. The molecule has 1 fully saturated rings. The molecule has 5 rings (SSSR count). The molecule has 3 heterocycles. The second kappa shape index (κ2) is 8.78. The molecule has 164 valence electrons. The van der Waals surface area contributed by atoms with Gasteiger partial charge in [-0.25, -0.2) is 18.4 Å². The zero-order valence-electron chi connectivity index (χ0n) is 17.0. The summed E-state index contributed by atoms with van der Waals surface area (Å²) in [5, 5.41) is 5.61. The van der Waals surface area contributed by atoms with Crippen LogP contribution in [0.3, 0.4) is 0 Å². The SMILES string of the molecule is O=C(CSc1ncnc2sccc12)N1CCN(S(=O)(=O)c2ccc3ccccc3c2)CC1. The zero-order valence-corrected chi connectivity index (χ0v) is 19.5. The number of hydrogen-bond acceptors (Lipinski definition) is 7. The fourth-order valence-corrected chi connectivity index (χ4v) is 6.90. The van der Waals surface area contributed by atoms with Crippen molar-refractivity contribution in [2.45, 2.75) is 9.92 Å². The number of piperazine rings is 1. The van der Waals surface area contributed by atoms with E-state index < -0.39 is 10.0 Å². The number of carbonyl (C=O) groups excluding carboxylic acids is 1. The molecule has 0 N–H and O–H groups in total. The van der Waals surface area contributed by atoms with E-state index in [-0.39, 0.29) is 29.6 Å². The molecule has 1 saturated heterocycles. The quantitative estimate of drug-likeness (QED) is 0.319. The number of carbonyl (C=O) groups is 1. The summed E-state index contributed by atoms with van der Waals surface area (Å²) in [6.45, 7) is 1.33. The molecule has 2 aromatic carbocycles. The Bertz CT molecular complexity index is 1400. The van der Waals surface area contributed by atoms with E-state index in [2.05, 4.69) is 9.97 Å². The third-order valence-corrected chi connectivity index (χ3v) is 9.21. The Balaban J connectivity index is 1.22. The van der Waals surface area contributed by atoms with E-state index in [0.29, 0.717) is 13.1 Å². The average Bonchev–Trinajstić information content (AvgIpc) is 3.32. The Kier molecular flexibility index (Phi) is 5.85. The topological polar surface area (TPSA) is 83.5 Å². The lowest BCUT2D eigenvalue weighted by Gasteiger charge is -2.34. The highest BCUT2D eigenvalue weighted by Gasteiger charge is 2.30. The largest absolute Gasteiger partial charge is 0.339 e. The summed E-state index contributed by atoms with van der Waals surface area (Å²) in [6.07, 6.45) is 1.52. The first kappa shape index (κ1) is 21.3. The van der Waals surface area contributed by atoms with Gasteiger partial charge in [0.15, 0.2) is 0 Å². The van der Waals surface area contributed by atoms with Gasteiger partial charge >= 0.3 is 0 Å². The van der Waals surface area contributed by atoms with Crippen LogP contribution in [0.4, 0.5) is 0 Å². The number of nitrogens with zero attached hydrogens (tertiary/aromatic N) is 4. The molecule has 0 atom stereocenters. The van der Waals surface area contributed by atoms with Crippen LogP contribution >= 0.6 is 23.1 Å². The third-order valence-electron chi connectivity index (χ3n) is 5.51. The molecule has 1 aliphatic heterocycles. The van der Waals surface area contributed by atoms with Crippen LogP contribution < -0.4 is 0 Å². The highest BCUT2D eigenvalue weighted by Crippen LogP contribution is 2.28. The van der Waals surface area contributed by atoms with Crippen molar-refractivity contribution in [1.82, 2.24) is 19.2 Å². The minimum atomic E-state index is -3.60. The predicted octanol–water partition coefficient (Wildman–Crippen LogP) is 3.47. The van der Waals surface area contributed by atoms with Crippen molar-refractivity contribution in [3.63, 3.8) is 0 Å². The summed E-state index contributed by atoms with van der Waals surface area (Å²) in [7, 11) is -3.60. The lowest BCUT2D eigenvalue weighted by atomic mass is 10.1. The molecular formula is C22H20N4O3S3. The van der Waals surface area contributed by atoms with Crippen molar-refractivity contribution in [3.05, 3.63) is 60.2 Å². The first-order valence-electron chi connectivity index (χ1n) is 10.1. The predicted molar refractivity (Wildman–Crippen MR) is 127 cm³/mol. The number of rotatable bonds is 5. The Morgan fingerprint density at radius 2 is 1.78 bits per heavy atom. The number of amides is 1. The van der Waals surface area contributed by atoms with Gasteiger partial charge in [0.25, 0.3) is 0 Å². The molecule has 1 amide bonds. The van der Waals surface area contributed by atoms with Gasteiger partial charge in [-0.05, 0) is 34.4 Å². The fourth-order valence-electron chi connectivity index (χ4n) is 3.76. The molecule has 10 heteroatoms. The maximum atomic E-state index is 13.1. The van der Waals surface area contributed by atoms with Crippen LogP contribution in [0.25, 0.3) is 21.0 Å². The maximum Gasteiger partial charge on any atom is 0.243 e. The highest BCUT2D eigenvalue weighted by atomic mass is 32.2. The Hall–Kier alpha value is -2.53. The van der Waals surface area contributed by atoms with E-state index >= 15 is 0 Å². The van der Waals surface area contributed by atoms with E-state index in [0.717, 1.165) is 26.0 Å². The summed E-state index contributed by atoms with van der Waals surface area (Å²) in [6, 6.07) is 14.8. The van der Waals surface area contributed by atoms with Crippen molar-refractivity contribution in [3.8, 4) is 0 Å². The van der Waals surface area contributed by atoms with Crippen LogP contribution in [-0.4, -0.2) is 65.4 Å². The van der Waals surface area contributed by atoms with Gasteiger partial charge in [-0.15, -0.1) is 11.3 Å². The molecule has 7 nitrogen and oxygen atoms in total. The van der Waals surface area contributed by atoms with E-state index in [1.54, 1.807) is 28.4 Å². The monoisotopic (exact) mass is 484 g/mol. The number of hydrogen-bond donors (Lipinski definition) is 0. The molecule has 0 unspecified atom stereocenters. The summed E-state index contributed by atoms with van der Waals surface area (Å²) in [5.41, 5.74) is 0. The fraction of sp³-hybridized carbons (Fsp3) is 0.227. The van der Waals surface area contributed by atoms with Crippen molar-refractivity contribution in [1.29, 1.82) is 0 Å². The van der Waals surface area contributed by atoms with Gasteiger partial charge in [0, 0.05) is 31.6 Å². The number of sulfonamides is 1. The van der Waals surface area contributed by atoms with Gasteiger partial charge in [-0.1, -0.05) is 42.1 Å². The third kappa shape index (κ3) is 4.11. The molecule has 0 radical (unpaired) electrons. The van der Waals surface area contributed by atoms with Crippen LogP contribution in [0.2, 0.25) is 0 Å². The highest BCUT2D eigenvalue weighted by molar-refractivity contribution is 8.00. The Labute approximate surface area is 194 Å². The van der Waals surface area contributed by atoms with E-state index in [4.69, 9.17) is 0 Å². The smallest absolute Gasteiger partial charge is 0.243 e. The summed E-state index contributed by atoms with van der Waals surface area (Å²) in [5.74, 6) is 0.249. The van der Waals surface area contributed by atoms with E-state index in [9.17, 15) is 13.2 Å². The van der Waals surface area contributed by atoms with Gasteiger partial charge in [0.05, 0.1) is 10.6 Å². The van der Waals surface area contributed by atoms with Crippen LogP contribution in [0.1, 0.15) is 0 Å². The number of aromatic nitrogens is 2. The number of thioether (sulfide) groups is 1. The van der Waals surface area contributed by atoms with Gasteiger partial charge in [-0.3, -0.25) is 4.79 Å². The summed E-state index contributed by atoms with van der Waals surface area (Å²) < 4.78 is 27.7. The van der Waals surface area contributed by atoms with Crippen LogP contribution in [0, 0.1) is 0 Å². The molecule has 0 aliphatic carbocycles. The minimum absolute atomic E-state index is 0.0141. The normalized spacial score (nSPS) is 15.4. The number of benzene rings is 2. The summed E-state index contributed by atoms with van der Waals surface area (Å²) >= 11 is 2.94. The van der Waals surface area contributed by atoms with Crippen LogP contribution in [-0.2, 0) is 14.8 Å². The standard InChI is InChI=1S/C22H20N4O3S3/c27-20(14-31-22-19-7-12-30-21(19)23-15-24-22)25-8-10-26(11-9-25)32(28,29)18-6-5-16-3-1-2-4-17(16)13-18/h1-7,12-13,15H,8-11,14H2. The zero-order chi connectivity index (χ0) is 22.1. The summed E-state index contributed by atoms with van der Waals surface area (Å²) in [4.78, 5) is 24.2. The van der Waals surface area contributed by atoms with E-state index in [1.165, 1.54) is 22.4 Å². The minimum Gasteiger partial charge on any atom is -0.339 e. The molecule has 0 spiro atoms. The van der Waals surface area contributed by atoms with Crippen molar-refractivity contribution in [2.75, 3.05) is 31.9 Å². The second-order valence-electron chi connectivity index (χ2n) is 7.40. The van der Waals surface area contributed by atoms with Gasteiger partial charge in [0.2, 0.25) is 15.9 Å². The first-order valence-corrected chi connectivity index (χ1v) is 13.4. The van der Waals surface area contributed by atoms with Gasteiger partial charge in [0.1, 0.15) is 16.2 Å². The molecule has 0 bridgehead atoms. The number of fused-ring (bicyclic) bond motifs is 2. The van der Waals surface area contributed by atoms with Crippen molar-refractivity contribution >= 4 is 60.0 Å². The molecule has 1 aliphatic rings. The van der Waals surface area contributed by atoms with E-state index in [1.807, 2.05) is 41.8 Å². The number of thiophene rings is 1. The van der Waals surface area contributed by atoms with Gasteiger partial charge in [-0.2, -0.15) is 4.31 Å². The van der Waals surface area contributed by atoms with Gasteiger partial charge < -0.3 is 4.90 Å². The Morgan fingerprint density at radius 3 is 2.59 bits per heavy atom. The lowest BCUT2D eigenvalue weighted by molar-refractivity contribution is -0.129. The molecule has 2 aromatic heterocycles. The van der Waals surface area contributed by atoms with Crippen molar-refractivity contribution < 1.29 is 13.2 Å². The van der Waals surface area contributed by atoms with Crippen molar-refractivity contribution in [2.24, 2.45) is 0 Å². The van der Waals surface area contributed by atoms with Crippen LogP contribution in [0.15, 0.2) is 70.2 Å². The molecule has 4 aromatic rings. The van der Waals surface area contributed by atoms with Crippen LogP contribution in [0.5, 0.6) is 0 Å².